The zero-order valence-corrected chi connectivity index (χ0v) is 12.5. The second-order valence-electron chi connectivity index (χ2n) is 6.16. The molecule has 4 atom stereocenters. The Labute approximate surface area is 121 Å². The van der Waals surface area contributed by atoms with Crippen molar-refractivity contribution in [2.45, 2.75) is 63.7 Å². The number of aliphatic hydroxyl groups is 1. The first kappa shape index (κ1) is 15.5. The molecule has 2 fully saturated rings. The minimum atomic E-state index is -0.408. The van der Waals surface area contributed by atoms with Gasteiger partial charge in [-0.2, -0.15) is 0 Å². The van der Waals surface area contributed by atoms with Gasteiger partial charge in [0, 0.05) is 6.04 Å². The number of carbonyl (C=O) groups is 1. The predicted octanol–water partition coefficient (Wildman–Crippen LogP) is 2.12. The van der Waals surface area contributed by atoms with E-state index in [0.717, 1.165) is 51.6 Å². The van der Waals surface area contributed by atoms with Gasteiger partial charge in [0.2, 0.25) is 0 Å². The van der Waals surface area contributed by atoms with Crippen molar-refractivity contribution < 1.29 is 14.6 Å². The molecule has 0 aromatic heterocycles. The quantitative estimate of drug-likeness (QED) is 0.441. The fourth-order valence-corrected chi connectivity index (χ4v) is 3.36. The summed E-state index contributed by atoms with van der Waals surface area (Å²) in [5.74, 6) is 0.0365. The van der Waals surface area contributed by atoms with E-state index in [0.29, 0.717) is 0 Å². The molecule has 0 aromatic rings. The van der Waals surface area contributed by atoms with E-state index in [2.05, 4.69) is 11.5 Å². The van der Waals surface area contributed by atoms with Crippen LogP contribution in [0, 0.1) is 5.92 Å². The van der Waals surface area contributed by atoms with Crippen LogP contribution in [0.3, 0.4) is 0 Å². The molecule has 0 saturated carbocycles. The van der Waals surface area contributed by atoms with Crippen molar-refractivity contribution in [1.82, 2.24) is 4.90 Å². The van der Waals surface area contributed by atoms with Crippen LogP contribution in [0.2, 0.25) is 0 Å². The summed E-state index contributed by atoms with van der Waals surface area (Å²) in [5.41, 5.74) is 0. The molecule has 0 aliphatic carbocycles. The summed E-state index contributed by atoms with van der Waals surface area (Å²) in [6.07, 6.45) is 7.61. The first-order chi connectivity index (χ1) is 9.61. The zero-order chi connectivity index (χ0) is 14.5. The molecule has 4 nitrogen and oxygen atoms in total. The maximum Gasteiger partial charge on any atom is 0.309 e. The number of esters is 1. The molecule has 0 bridgehead atoms. The van der Waals surface area contributed by atoms with Gasteiger partial charge < -0.3 is 9.84 Å². The predicted molar refractivity (Wildman–Crippen MR) is 78.3 cm³/mol. The number of nitrogens with zero attached hydrogens (tertiary/aromatic N) is 1. The van der Waals surface area contributed by atoms with E-state index in [1.54, 1.807) is 6.08 Å². The van der Waals surface area contributed by atoms with E-state index in [1.165, 1.54) is 0 Å². The lowest BCUT2D eigenvalue weighted by atomic mass is 10.0. The lowest BCUT2D eigenvalue weighted by molar-refractivity contribution is -0.144. The van der Waals surface area contributed by atoms with Crippen LogP contribution in [-0.4, -0.2) is 47.3 Å². The highest BCUT2D eigenvalue weighted by Gasteiger charge is 2.31. The van der Waals surface area contributed by atoms with Gasteiger partial charge in [-0.3, -0.25) is 9.69 Å². The number of cyclic esters (lactones) is 1. The smallest absolute Gasteiger partial charge is 0.309 e. The van der Waals surface area contributed by atoms with E-state index in [1.807, 2.05) is 6.92 Å². The van der Waals surface area contributed by atoms with Crippen LogP contribution < -0.4 is 0 Å². The molecule has 0 amide bonds. The number of hydrogen-bond acceptors (Lipinski definition) is 4. The number of rotatable bonds is 7. The molecule has 2 aliphatic rings. The SMILES string of the molecule is C=C[C@@H](O)[C@H]1CCCN1CCCC[C@@H]1C[C@@H](C)C(=O)O1. The summed E-state index contributed by atoms with van der Waals surface area (Å²) in [4.78, 5) is 13.7. The molecule has 4 heteroatoms. The fourth-order valence-electron chi connectivity index (χ4n) is 3.36. The van der Waals surface area contributed by atoms with Crippen LogP contribution in [0.15, 0.2) is 12.7 Å². The standard InChI is InChI=1S/C16H27NO3/c1-3-15(18)14-8-6-10-17(14)9-5-4-7-13-11-12(2)16(19)20-13/h3,12-15,18H,1,4-11H2,2H3/t12-,13-,14-,15-/m1/s1. The molecule has 2 heterocycles. The van der Waals surface area contributed by atoms with Crippen molar-refractivity contribution in [3.05, 3.63) is 12.7 Å². The van der Waals surface area contributed by atoms with E-state index >= 15 is 0 Å². The molecule has 114 valence electrons. The molecule has 0 aromatic carbocycles. The summed E-state index contributed by atoms with van der Waals surface area (Å²) in [5, 5.41) is 9.90. The van der Waals surface area contributed by atoms with Crippen molar-refractivity contribution in [2.24, 2.45) is 5.92 Å². The Morgan fingerprint density at radius 2 is 2.35 bits per heavy atom. The van der Waals surface area contributed by atoms with Gasteiger partial charge in [0.05, 0.1) is 12.0 Å². The summed E-state index contributed by atoms with van der Waals surface area (Å²) < 4.78 is 5.32. The first-order valence-corrected chi connectivity index (χ1v) is 7.87. The molecular weight excluding hydrogens is 254 g/mol. The average molecular weight is 281 g/mol. The van der Waals surface area contributed by atoms with Crippen molar-refractivity contribution in [3.8, 4) is 0 Å². The maximum absolute atomic E-state index is 11.3. The highest BCUT2D eigenvalue weighted by Crippen LogP contribution is 2.25. The lowest BCUT2D eigenvalue weighted by Crippen LogP contribution is -2.38. The number of aliphatic hydroxyl groups excluding tert-OH is 1. The van der Waals surface area contributed by atoms with Crippen molar-refractivity contribution in [2.75, 3.05) is 13.1 Å². The van der Waals surface area contributed by atoms with E-state index in [-0.39, 0.29) is 24.0 Å². The third kappa shape index (κ3) is 3.83. The largest absolute Gasteiger partial charge is 0.462 e. The van der Waals surface area contributed by atoms with Gasteiger partial charge in [-0.1, -0.05) is 13.0 Å². The number of ether oxygens (including phenoxy) is 1. The summed E-state index contributed by atoms with van der Waals surface area (Å²) >= 11 is 0. The van der Waals surface area contributed by atoms with Gasteiger partial charge in [-0.05, 0) is 51.6 Å². The summed E-state index contributed by atoms with van der Waals surface area (Å²) in [7, 11) is 0. The number of carbonyl (C=O) groups excluding carboxylic acids is 1. The third-order valence-electron chi connectivity index (χ3n) is 4.57. The van der Waals surface area contributed by atoms with Gasteiger partial charge >= 0.3 is 5.97 Å². The molecule has 0 unspecified atom stereocenters. The van der Waals surface area contributed by atoms with Gasteiger partial charge in [0.1, 0.15) is 6.10 Å². The van der Waals surface area contributed by atoms with E-state index in [4.69, 9.17) is 4.74 Å². The Morgan fingerprint density at radius 1 is 1.55 bits per heavy atom. The van der Waals surface area contributed by atoms with Gasteiger partial charge in [0.15, 0.2) is 0 Å². The summed E-state index contributed by atoms with van der Waals surface area (Å²) in [6.45, 7) is 7.71. The number of unbranched alkanes of at least 4 members (excludes halogenated alkanes) is 1. The second-order valence-corrected chi connectivity index (χ2v) is 6.16. The van der Waals surface area contributed by atoms with Gasteiger partial charge in [-0.25, -0.2) is 0 Å². The monoisotopic (exact) mass is 281 g/mol. The normalized spacial score (nSPS) is 32.3. The first-order valence-electron chi connectivity index (χ1n) is 7.87. The average Bonchev–Trinajstić information content (AvgIpc) is 3.01. The molecule has 1 N–H and O–H groups in total. The minimum Gasteiger partial charge on any atom is -0.462 e. The molecule has 2 saturated heterocycles. The van der Waals surface area contributed by atoms with Gasteiger partial charge in [0.25, 0.3) is 0 Å². The molecule has 20 heavy (non-hydrogen) atoms. The minimum absolute atomic E-state index is 0.0382. The van der Waals surface area contributed by atoms with Crippen LogP contribution >= 0.6 is 0 Å². The highest BCUT2D eigenvalue weighted by molar-refractivity contribution is 5.74. The van der Waals surface area contributed by atoms with Crippen molar-refractivity contribution in [1.29, 1.82) is 0 Å². The van der Waals surface area contributed by atoms with E-state index < -0.39 is 6.10 Å². The number of hydrogen-bond donors (Lipinski definition) is 1. The Morgan fingerprint density at radius 3 is 3.00 bits per heavy atom. The van der Waals surface area contributed by atoms with Crippen LogP contribution in [0.1, 0.15) is 45.4 Å². The van der Waals surface area contributed by atoms with Crippen LogP contribution in [0.4, 0.5) is 0 Å². The van der Waals surface area contributed by atoms with Crippen LogP contribution in [0.25, 0.3) is 0 Å². The molecule has 0 radical (unpaired) electrons. The van der Waals surface area contributed by atoms with Crippen molar-refractivity contribution >= 4 is 5.97 Å². The second kappa shape index (κ2) is 7.23. The topological polar surface area (TPSA) is 49.8 Å². The Balaban J connectivity index is 1.63. The third-order valence-corrected chi connectivity index (χ3v) is 4.57. The van der Waals surface area contributed by atoms with E-state index in [9.17, 15) is 9.90 Å². The highest BCUT2D eigenvalue weighted by atomic mass is 16.5. The van der Waals surface area contributed by atoms with Gasteiger partial charge in [-0.15, -0.1) is 6.58 Å². The maximum atomic E-state index is 11.3. The fraction of sp³-hybridized carbons (Fsp3) is 0.812. The van der Waals surface area contributed by atoms with Crippen LogP contribution in [-0.2, 0) is 9.53 Å². The Kier molecular flexibility index (Phi) is 5.61. The van der Waals surface area contributed by atoms with Crippen molar-refractivity contribution in [3.63, 3.8) is 0 Å². The molecule has 0 spiro atoms. The summed E-state index contributed by atoms with van der Waals surface area (Å²) in [6, 6.07) is 0.247. The molecule has 2 rings (SSSR count). The number of likely N-dealkylation sites (tertiary alicyclic amines) is 1. The Bertz CT molecular complexity index is 345. The van der Waals surface area contributed by atoms with Crippen LogP contribution in [0.5, 0.6) is 0 Å². The molecular formula is C16H27NO3. The zero-order valence-electron chi connectivity index (χ0n) is 12.5. The Hall–Kier alpha value is -0.870. The lowest BCUT2D eigenvalue weighted by Gasteiger charge is -2.27. The molecule has 2 aliphatic heterocycles.